The predicted molar refractivity (Wildman–Crippen MR) is 108 cm³/mol. The molecule has 0 bridgehead atoms. The first-order valence-electron chi connectivity index (χ1n) is 9.99. The van der Waals surface area contributed by atoms with Crippen molar-refractivity contribution in [3.63, 3.8) is 0 Å². The third-order valence-electron chi connectivity index (χ3n) is 4.94. The molecule has 1 aliphatic heterocycles. The molecule has 0 N–H and O–H groups in total. The topological polar surface area (TPSA) is 48.0 Å². The van der Waals surface area contributed by atoms with Gasteiger partial charge in [-0.2, -0.15) is 0 Å². The van der Waals surface area contributed by atoms with E-state index in [-0.39, 0.29) is 24.4 Å². The Morgan fingerprint density at radius 3 is 2.86 bits per heavy atom. The van der Waals surface area contributed by atoms with Crippen LogP contribution in [0, 0.1) is 5.82 Å². The maximum atomic E-state index is 13.7. The van der Waals surface area contributed by atoms with Crippen LogP contribution in [0.25, 0.3) is 0 Å². The molecule has 0 spiro atoms. The zero-order valence-corrected chi connectivity index (χ0v) is 16.8. The number of amides is 1. The number of methoxy groups -OCH3 is 1. The fraction of sp³-hybridized carbons (Fsp3) is 0.435. The minimum atomic E-state index is -0.216. The molecule has 1 aliphatic rings. The molecular formula is C23H28FNO4. The third kappa shape index (κ3) is 6.54. The van der Waals surface area contributed by atoms with Crippen LogP contribution in [0.3, 0.4) is 0 Å². The highest BCUT2D eigenvalue weighted by Crippen LogP contribution is 2.19. The van der Waals surface area contributed by atoms with Crippen LogP contribution >= 0.6 is 0 Å². The number of benzene rings is 2. The first kappa shape index (κ1) is 21.3. The van der Waals surface area contributed by atoms with E-state index in [1.807, 2.05) is 30.3 Å². The number of hydrogen-bond donors (Lipinski definition) is 0. The smallest absolute Gasteiger partial charge is 0.248 e. The second-order valence-electron chi connectivity index (χ2n) is 7.18. The Morgan fingerprint density at radius 2 is 2.10 bits per heavy atom. The second-order valence-corrected chi connectivity index (χ2v) is 7.18. The molecule has 0 radical (unpaired) electrons. The average Bonchev–Trinajstić information content (AvgIpc) is 3.23. The SMILES string of the molecule is COCC(=O)N(Cc1cccc(OCCc2ccccc2F)c1)CC1CCCO1. The maximum absolute atomic E-state index is 13.7. The van der Waals surface area contributed by atoms with E-state index in [0.717, 1.165) is 25.0 Å². The van der Waals surface area contributed by atoms with Crippen LogP contribution in [0.2, 0.25) is 0 Å². The summed E-state index contributed by atoms with van der Waals surface area (Å²) in [5.74, 6) is 0.426. The van der Waals surface area contributed by atoms with Gasteiger partial charge in [-0.25, -0.2) is 4.39 Å². The fourth-order valence-corrected chi connectivity index (χ4v) is 3.44. The van der Waals surface area contributed by atoms with Crippen molar-refractivity contribution in [2.24, 2.45) is 0 Å². The van der Waals surface area contributed by atoms with Gasteiger partial charge < -0.3 is 19.1 Å². The van der Waals surface area contributed by atoms with E-state index in [1.165, 1.54) is 13.2 Å². The number of nitrogens with zero attached hydrogens (tertiary/aromatic N) is 1. The number of rotatable bonds is 10. The van der Waals surface area contributed by atoms with Crippen molar-refractivity contribution in [3.05, 3.63) is 65.5 Å². The zero-order valence-electron chi connectivity index (χ0n) is 16.8. The van der Waals surface area contributed by atoms with Crippen molar-refractivity contribution in [1.29, 1.82) is 0 Å². The first-order valence-corrected chi connectivity index (χ1v) is 9.99. The highest BCUT2D eigenvalue weighted by Gasteiger charge is 2.22. The summed E-state index contributed by atoms with van der Waals surface area (Å²) < 4.78 is 30.2. The van der Waals surface area contributed by atoms with E-state index < -0.39 is 0 Å². The van der Waals surface area contributed by atoms with Gasteiger partial charge in [0.25, 0.3) is 0 Å². The van der Waals surface area contributed by atoms with Gasteiger partial charge in [0.2, 0.25) is 5.91 Å². The molecule has 6 heteroatoms. The molecule has 1 saturated heterocycles. The Balaban J connectivity index is 1.58. The van der Waals surface area contributed by atoms with E-state index >= 15 is 0 Å². The summed E-state index contributed by atoms with van der Waals surface area (Å²) in [5.41, 5.74) is 1.60. The van der Waals surface area contributed by atoms with E-state index in [2.05, 4.69) is 0 Å². The van der Waals surface area contributed by atoms with Gasteiger partial charge in [-0.1, -0.05) is 30.3 Å². The normalized spacial score (nSPS) is 16.0. The molecular weight excluding hydrogens is 373 g/mol. The lowest BCUT2D eigenvalue weighted by Crippen LogP contribution is -2.38. The van der Waals surface area contributed by atoms with E-state index in [1.54, 1.807) is 17.0 Å². The molecule has 1 unspecified atom stereocenters. The number of carbonyl (C=O) groups excluding carboxylic acids is 1. The maximum Gasteiger partial charge on any atom is 0.248 e. The van der Waals surface area contributed by atoms with Gasteiger partial charge in [-0.15, -0.1) is 0 Å². The first-order chi connectivity index (χ1) is 14.2. The summed E-state index contributed by atoms with van der Waals surface area (Å²) in [4.78, 5) is 14.2. The summed E-state index contributed by atoms with van der Waals surface area (Å²) in [6.45, 7) is 2.20. The van der Waals surface area contributed by atoms with Gasteiger partial charge in [0.05, 0.1) is 12.7 Å². The zero-order chi connectivity index (χ0) is 20.5. The lowest BCUT2D eigenvalue weighted by atomic mass is 10.1. The van der Waals surface area contributed by atoms with E-state index in [0.29, 0.717) is 37.4 Å². The monoisotopic (exact) mass is 401 g/mol. The van der Waals surface area contributed by atoms with Gasteiger partial charge in [-0.05, 0) is 42.2 Å². The molecule has 1 heterocycles. The Kier molecular flexibility index (Phi) is 8.02. The van der Waals surface area contributed by atoms with Crippen molar-refractivity contribution >= 4 is 5.91 Å². The van der Waals surface area contributed by atoms with Crippen LogP contribution in [0.4, 0.5) is 4.39 Å². The van der Waals surface area contributed by atoms with Gasteiger partial charge in [0.15, 0.2) is 0 Å². The van der Waals surface area contributed by atoms with Crippen molar-refractivity contribution in [2.75, 3.05) is 33.5 Å². The predicted octanol–water partition coefficient (Wildman–Crippen LogP) is 3.60. The van der Waals surface area contributed by atoms with Crippen LogP contribution < -0.4 is 4.74 Å². The molecule has 5 nitrogen and oxygen atoms in total. The molecule has 2 aromatic rings. The lowest BCUT2D eigenvalue weighted by molar-refractivity contribution is -0.137. The summed E-state index contributed by atoms with van der Waals surface area (Å²) in [6, 6.07) is 14.4. The average molecular weight is 401 g/mol. The van der Waals surface area contributed by atoms with Gasteiger partial charge in [0.1, 0.15) is 18.2 Å². The molecule has 0 saturated carbocycles. The fourth-order valence-electron chi connectivity index (χ4n) is 3.44. The van der Waals surface area contributed by atoms with Crippen LogP contribution in [-0.2, 0) is 27.2 Å². The number of hydrogen-bond acceptors (Lipinski definition) is 4. The second kappa shape index (κ2) is 10.9. The van der Waals surface area contributed by atoms with Crippen LogP contribution in [0.1, 0.15) is 24.0 Å². The summed E-state index contributed by atoms with van der Waals surface area (Å²) in [5, 5.41) is 0. The quantitative estimate of drug-likeness (QED) is 0.610. The highest BCUT2D eigenvalue weighted by atomic mass is 19.1. The van der Waals surface area contributed by atoms with Crippen LogP contribution in [-0.4, -0.2) is 50.4 Å². The van der Waals surface area contributed by atoms with Gasteiger partial charge in [-0.3, -0.25) is 4.79 Å². The molecule has 0 aromatic heterocycles. The molecule has 1 atom stereocenters. The summed E-state index contributed by atoms with van der Waals surface area (Å²) in [6.07, 6.45) is 2.57. The van der Waals surface area contributed by atoms with Crippen molar-refractivity contribution in [1.82, 2.24) is 4.90 Å². The van der Waals surface area contributed by atoms with Crippen molar-refractivity contribution in [2.45, 2.75) is 31.9 Å². The molecule has 3 rings (SSSR count). The Hall–Kier alpha value is -2.44. The van der Waals surface area contributed by atoms with Crippen LogP contribution in [0.5, 0.6) is 5.75 Å². The highest BCUT2D eigenvalue weighted by molar-refractivity contribution is 5.77. The standard InChI is InChI=1S/C23H28FNO4/c1-27-17-23(26)25(16-21-9-5-12-28-21)15-18-6-4-8-20(14-18)29-13-11-19-7-2-3-10-22(19)24/h2-4,6-8,10,14,21H,5,9,11-13,15-17H2,1H3. The molecule has 1 fully saturated rings. The van der Waals surface area contributed by atoms with Gasteiger partial charge in [0, 0.05) is 33.2 Å². The minimum absolute atomic E-state index is 0.0472. The Bertz CT molecular complexity index is 792. The summed E-state index contributed by atoms with van der Waals surface area (Å²) >= 11 is 0. The third-order valence-corrected chi connectivity index (χ3v) is 4.94. The Morgan fingerprint density at radius 1 is 1.24 bits per heavy atom. The molecule has 156 valence electrons. The van der Waals surface area contributed by atoms with Crippen LogP contribution in [0.15, 0.2) is 48.5 Å². The lowest BCUT2D eigenvalue weighted by Gasteiger charge is -2.25. The Labute approximate surface area is 171 Å². The molecule has 0 aliphatic carbocycles. The van der Waals surface area contributed by atoms with Crippen molar-refractivity contribution < 1.29 is 23.4 Å². The van der Waals surface area contributed by atoms with Gasteiger partial charge >= 0.3 is 0 Å². The number of ether oxygens (including phenoxy) is 3. The number of carbonyl (C=O) groups is 1. The summed E-state index contributed by atoms with van der Waals surface area (Å²) in [7, 11) is 1.52. The number of halogens is 1. The molecule has 1 amide bonds. The molecule has 29 heavy (non-hydrogen) atoms. The van der Waals surface area contributed by atoms with E-state index in [4.69, 9.17) is 14.2 Å². The van der Waals surface area contributed by atoms with E-state index in [9.17, 15) is 9.18 Å². The largest absolute Gasteiger partial charge is 0.493 e. The minimum Gasteiger partial charge on any atom is -0.493 e. The van der Waals surface area contributed by atoms with Crippen molar-refractivity contribution in [3.8, 4) is 5.75 Å². The molecule has 2 aromatic carbocycles.